The number of benzene rings is 1. The second-order valence-electron chi connectivity index (χ2n) is 4.88. The molecule has 1 atom stereocenters. The van der Waals surface area contributed by atoms with E-state index in [1.807, 2.05) is 11.9 Å². The zero-order valence-corrected chi connectivity index (χ0v) is 13.1. The van der Waals surface area contributed by atoms with Crippen molar-refractivity contribution in [2.45, 2.75) is 25.4 Å². The van der Waals surface area contributed by atoms with Gasteiger partial charge in [0.1, 0.15) is 11.6 Å². The Hall–Kier alpha value is -0.230. The van der Waals surface area contributed by atoms with Crippen molar-refractivity contribution in [3.8, 4) is 0 Å². The molecule has 19 heavy (non-hydrogen) atoms. The number of halogens is 4. The molecule has 108 valence electrons. The summed E-state index contributed by atoms with van der Waals surface area (Å²) in [5.74, 6) is -0.444. The summed E-state index contributed by atoms with van der Waals surface area (Å²) < 4.78 is 27.8. The van der Waals surface area contributed by atoms with Gasteiger partial charge in [-0.3, -0.25) is 4.90 Å². The molecule has 0 saturated heterocycles. The molecule has 0 heterocycles. The van der Waals surface area contributed by atoms with E-state index in [-0.39, 0.29) is 30.6 Å². The Balaban J connectivity index is 0.00000180. The zero-order chi connectivity index (χ0) is 13.3. The second kappa shape index (κ2) is 6.97. The van der Waals surface area contributed by atoms with E-state index in [0.717, 1.165) is 12.8 Å². The van der Waals surface area contributed by atoms with Crippen molar-refractivity contribution < 1.29 is 8.78 Å². The van der Waals surface area contributed by atoms with E-state index in [9.17, 15) is 8.78 Å². The van der Waals surface area contributed by atoms with Crippen LogP contribution >= 0.6 is 28.3 Å². The Morgan fingerprint density at radius 1 is 1.42 bits per heavy atom. The minimum atomic E-state index is -0.520. The summed E-state index contributed by atoms with van der Waals surface area (Å²) in [6, 6.07) is 2.88. The number of nitrogens with two attached hydrogens (primary N) is 1. The smallest absolute Gasteiger partial charge is 0.144 e. The van der Waals surface area contributed by atoms with E-state index in [4.69, 9.17) is 5.73 Å². The molecule has 1 unspecified atom stereocenters. The summed E-state index contributed by atoms with van der Waals surface area (Å²) in [5.41, 5.74) is 5.84. The average Bonchev–Trinajstić information content (AvgIpc) is 3.15. The molecule has 6 heteroatoms. The Bertz CT molecular complexity index is 441. The summed E-state index contributed by atoms with van der Waals surface area (Å²) in [6.07, 6.45) is 2.32. The monoisotopic (exact) mass is 354 g/mol. The minimum absolute atomic E-state index is 0. The van der Waals surface area contributed by atoms with Crippen molar-refractivity contribution in [3.05, 3.63) is 33.8 Å². The highest BCUT2D eigenvalue weighted by Crippen LogP contribution is 2.35. The molecule has 0 amide bonds. The number of hydrogen-bond donors (Lipinski definition) is 1. The van der Waals surface area contributed by atoms with Gasteiger partial charge in [-0.25, -0.2) is 8.78 Å². The maximum atomic E-state index is 13.9. The van der Waals surface area contributed by atoms with Crippen LogP contribution in [-0.4, -0.2) is 24.5 Å². The first-order valence-corrected chi connectivity index (χ1v) is 6.86. The van der Waals surface area contributed by atoms with Gasteiger partial charge < -0.3 is 5.73 Å². The van der Waals surface area contributed by atoms with Crippen molar-refractivity contribution in [3.63, 3.8) is 0 Å². The molecule has 0 aliphatic heterocycles. The van der Waals surface area contributed by atoms with Gasteiger partial charge in [0.25, 0.3) is 0 Å². The third-order valence-electron chi connectivity index (χ3n) is 3.52. The number of likely N-dealkylation sites (N-methyl/N-ethyl adjacent to an activating group) is 1. The topological polar surface area (TPSA) is 29.3 Å². The Kier molecular flexibility index (Phi) is 6.17. The minimum Gasteiger partial charge on any atom is -0.329 e. The van der Waals surface area contributed by atoms with Crippen LogP contribution in [-0.2, 0) is 6.54 Å². The van der Waals surface area contributed by atoms with Crippen LogP contribution in [0.15, 0.2) is 16.6 Å². The molecule has 0 bridgehead atoms. The lowest BCUT2D eigenvalue weighted by atomic mass is 10.1. The molecular weight excluding hydrogens is 338 g/mol. The maximum absolute atomic E-state index is 13.9. The lowest BCUT2D eigenvalue weighted by molar-refractivity contribution is 0.210. The van der Waals surface area contributed by atoms with E-state index in [2.05, 4.69) is 15.9 Å². The van der Waals surface area contributed by atoms with Gasteiger partial charge in [0.15, 0.2) is 0 Å². The first kappa shape index (κ1) is 16.8. The Morgan fingerprint density at radius 2 is 2.05 bits per heavy atom. The standard InChI is InChI=1S/C13H17BrF2N2.ClH/c1-18(12(6-17)8-2-3-8)7-9-11(15)5-4-10(14)13(9)16;/h4-5,8,12H,2-3,6-7,17H2,1H3;1H. The van der Waals surface area contributed by atoms with Crippen LogP contribution in [0.5, 0.6) is 0 Å². The highest BCUT2D eigenvalue weighted by atomic mass is 79.9. The summed E-state index contributed by atoms with van der Waals surface area (Å²) in [5, 5.41) is 0. The van der Waals surface area contributed by atoms with E-state index in [0.29, 0.717) is 16.9 Å². The molecule has 0 radical (unpaired) electrons. The van der Waals surface area contributed by atoms with Crippen molar-refractivity contribution in [2.75, 3.05) is 13.6 Å². The Labute approximate surface area is 126 Å². The van der Waals surface area contributed by atoms with Crippen LogP contribution in [0.1, 0.15) is 18.4 Å². The van der Waals surface area contributed by atoms with Crippen LogP contribution in [0.2, 0.25) is 0 Å². The summed E-state index contributed by atoms with van der Waals surface area (Å²) >= 11 is 3.08. The molecule has 2 N–H and O–H groups in total. The van der Waals surface area contributed by atoms with Crippen molar-refractivity contribution >= 4 is 28.3 Å². The summed E-state index contributed by atoms with van der Waals surface area (Å²) in [4.78, 5) is 1.95. The molecule has 0 spiro atoms. The Morgan fingerprint density at radius 3 is 2.58 bits per heavy atom. The van der Waals surface area contributed by atoms with Crippen LogP contribution in [0.25, 0.3) is 0 Å². The van der Waals surface area contributed by atoms with Crippen LogP contribution in [0, 0.1) is 17.6 Å². The molecule has 1 aliphatic carbocycles. The predicted molar refractivity (Wildman–Crippen MR) is 78.3 cm³/mol. The first-order chi connectivity index (χ1) is 8.54. The zero-order valence-electron chi connectivity index (χ0n) is 10.7. The molecule has 1 aromatic rings. The third kappa shape index (κ3) is 3.88. The number of hydrogen-bond acceptors (Lipinski definition) is 2. The van der Waals surface area contributed by atoms with Crippen LogP contribution < -0.4 is 5.73 Å². The average molecular weight is 356 g/mol. The fraction of sp³-hybridized carbons (Fsp3) is 0.538. The largest absolute Gasteiger partial charge is 0.329 e. The molecular formula is C13H18BrClF2N2. The van der Waals surface area contributed by atoms with Gasteiger partial charge >= 0.3 is 0 Å². The SMILES string of the molecule is CN(Cc1c(F)ccc(Br)c1F)C(CN)C1CC1.Cl. The highest BCUT2D eigenvalue weighted by molar-refractivity contribution is 9.10. The van der Waals surface area contributed by atoms with Gasteiger partial charge in [-0.15, -0.1) is 12.4 Å². The van der Waals surface area contributed by atoms with Crippen molar-refractivity contribution in [2.24, 2.45) is 11.7 Å². The van der Waals surface area contributed by atoms with E-state index in [1.165, 1.54) is 12.1 Å². The van der Waals surface area contributed by atoms with Gasteiger partial charge in [0.2, 0.25) is 0 Å². The fourth-order valence-corrected chi connectivity index (χ4v) is 2.67. The number of rotatable bonds is 5. The van der Waals surface area contributed by atoms with Crippen LogP contribution in [0.3, 0.4) is 0 Å². The van der Waals surface area contributed by atoms with E-state index in [1.54, 1.807) is 0 Å². The summed E-state index contributed by atoms with van der Waals surface area (Å²) in [6.45, 7) is 0.772. The predicted octanol–water partition coefficient (Wildman–Crippen LogP) is 3.32. The van der Waals surface area contributed by atoms with Crippen molar-refractivity contribution in [1.82, 2.24) is 4.90 Å². The fourth-order valence-electron chi connectivity index (χ4n) is 2.29. The summed E-state index contributed by atoms with van der Waals surface area (Å²) in [7, 11) is 1.87. The third-order valence-corrected chi connectivity index (χ3v) is 4.13. The second-order valence-corrected chi connectivity index (χ2v) is 5.73. The van der Waals surface area contributed by atoms with E-state index >= 15 is 0 Å². The van der Waals surface area contributed by atoms with Gasteiger partial charge in [0.05, 0.1) is 4.47 Å². The van der Waals surface area contributed by atoms with E-state index < -0.39 is 11.6 Å². The quantitative estimate of drug-likeness (QED) is 0.821. The van der Waals surface area contributed by atoms with Gasteiger partial charge in [-0.2, -0.15) is 0 Å². The molecule has 2 rings (SSSR count). The maximum Gasteiger partial charge on any atom is 0.144 e. The molecule has 1 saturated carbocycles. The normalized spacial score (nSPS) is 16.3. The molecule has 1 fully saturated rings. The molecule has 1 aromatic carbocycles. The van der Waals surface area contributed by atoms with Gasteiger partial charge in [0, 0.05) is 24.7 Å². The first-order valence-electron chi connectivity index (χ1n) is 6.07. The van der Waals surface area contributed by atoms with Gasteiger partial charge in [-0.05, 0) is 53.9 Å². The lowest BCUT2D eigenvalue weighted by Crippen LogP contribution is -2.39. The molecule has 1 aliphatic rings. The lowest BCUT2D eigenvalue weighted by Gasteiger charge is -2.27. The van der Waals surface area contributed by atoms with Crippen molar-refractivity contribution in [1.29, 1.82) is 0 Å². The number of nitrogens with zero attached hydrogens (tertiary/aromatic N) is 1. The molecule has 2 nitrogen and oxygen atoms in total. The highest BCUT2D eigenvalue weighted by Gasteiger charge is 2.33. The van der Waals surface area contributed by atoms with Crippen LogP contribution in [0.4, 0.5) is 8.78 Å². The molecule has 0 aromatic heterocycles. The van der Waals surface area contributed by atoms with Gasteiger partial charge in [-0.1, -0.05) is 0 Å².